The van der Waals surface area contributed by atoms with Gasteiger partial charge in [-0.25, -0.2) is 0 Å². The monoisotopic (exact) mass is 266 g/mol. The summed E-state index contributed by atoms with van der Waals surface area (Å²) in [6.07, 6.45) is 1.91. The first-order chi connectivity index (χ1) is 8.63. The van der Waals surface area contributed by atoms with Crippen LogP contribution in [0.1, 0.15) is 18.4 Å². The Kier molecular flexibility index (Phi) is 3.86. The number of amides is 1. The highest BCUT2D eigenvalue weighted by atomic mass is 32.1. The largest absolute Gasteiger partial charge is 0.311 e. The van der Waals surface area contributed by atoms with Gasteiger partial charge >= 0.3 is 0 Å². The van der Waals surface area contributed by atoms with E-state index in [1.54, 1.807) is 17.0 Å². The molecule has 18 heavy (non-hydrogen) atoms. The summed E-state index contributed by atoms with van der Waals surface area (Å²) < 4.78 is 0. The summed E-state index contributed by atoms with van der Waals surface area (Å²) in [5.41, 5.74) is 1.74. The number of nitro groups is 1. The summed E-state index contributed by atoms with van der Waals surface area (Å²) in [5, 5.41) is 10.8. The molecule has 0 saturated heterocycles. The maximum Gasteiger partial charge on any atom is 0.269 e. The third-order valence-electron chi connectivity index (χ3n) is 3.03. The molecule has 0 aromatic heterocycles. The summed E-state index contributed by atoms with van der Waals surface area (Å²) in [7, 11) is 0. The van der Waals surface area contributed by atoms with E-state index in [0.29, 0.717) is 25.1 Å². The Hall–Kier alpha value is -1.56. The summed E-state index contributed by atoms with van der Waals surface area (Å²) in [6, 6.07) is 4.68. The van der Waals surface area contributed by atoms with Crippen molar-refractivity contribution >= 4 is 29.9 Å². The number of fused-ring (bicyclic) bond motifs is 1. The number of aryl methyl sites for hydroxylation is 1. The molecule has 0 aliphatic carbocycles. The van der Waals surface area contributed by atoms with Gasteiger partial charge in [-0.1, -0.05) is 0 Å². The smallest absolute Gasteiger partial charge is 0.269 e. The maximum atomic E-state index is 11.9. The highest BCUT2D eigenvalue weighted by Crippen LogP contribution is 2.30. The van der Waals surface area contributed by atoms with Crippen LogP contribution in [0.25, 0.3) is 0 Å². The Labute approximate surface area is 110 Å². The molecule has 0 atom stereocenters. The zero-order chi connectivity index (χ0) is 13.1. The minimum Gasteiger partial charge on any atom is -0.311 e. The lowest BCUT2D eigenvalue weighted by Gasteiger charge is -2.21. The normalized spacial score (nSPS) is 15.2. The fraction of sp³-hybridized carbons (Fsp3) is 0.417. The van der Waals surface area contributed by atoms with E-state index in [0.717, 1.165) is 17.7 Å². The van der Waals surface area contributed by atoms with Crippen molar-refractivity contribution < 1.29 is 9.72 Å². The van der Waals surface area contributed by atoms with Gasteiger partial charge in [-0.3, -0.25) is 14.9 Å². The number of nitro benzene ring substituents is 1. The average molecular weight is 266 g/mol. The third-order valence-corrected chi connectivity index (χ3v) is 3.23. The van der Waals surface area contributed by atoms with E-state index >= 15 is 0 Å². The summed E-state index contributed by atoms with van der Waals surface area (Å²) in [6.45, 7) is 0.534. The molecule has 1 heterocycles. The standard InChI is InChI=1S/C12H14N2O3S/c15-12-3-1-2-9-8-10(14(16)17)4-5-11(9)13(12)6-7-18/h4-5,8,18H,1-3,6-7H2. The van der Waals surface area contributed by atoms with Gasteiger partial charge in [0.25, 0.3) is 5.69 Å². The topological polar surface area (TPSA) is 63.4 Å². The van der Waals surface area contributed by atoms with E-state index in [2.05, 4.69) is 12.6 Å². The van der Waals surface area contributed by atoms with Crippen molar-refractivity contribution in [2.75, 3.05) is 17.2 Å². The van der Waals surface area contributed by atoms with Gasteiger partial charge in [0.1, 0.15) is 0 Å². The predicted octanol–water partition coefficient (Wildman–Crippen LogP) is 2.19. The first-order valence-electron chi connectivity index (χ1n) is 5.82. The summed E-state index contributed by atoms with van der Waals surface area (Å²) in [5.74, 6) is 0.638. The van der Waals surface area contributed by atoms with Crippen molar-refractivity contribution in [1.29, 1.82) is 0 Å². The molecule has 0 fully saturated rings. The molecule has 6 heteroatoms. The van der Waals surface area contributed by atoms with Crippen LogP contribution >= 0.6 is 12.6 Å². The first-order valence-corrected chi connectivity index (χ1v) is 6.45. The molecule has 96 valence electrons. The van der Waals surface area contributed by atoms with E-state index < -0.39 is 4.92 Å². The second-order valence-electron chi connectivity index (χ2n) is 4.19. The van der Waals surface area contributed by atoms with E-state index in [1.807, 2.05) is 0 Å². The molecule has 2 rings (SSSR count). The Morgan fingerprint density at radius 3 is 2.83 bits per heavy atom. The number of carbonyl (C=O) groups is 1. The predicted molar refractivity (Wildman–Crippen MR) is 72.2 cm³/mol. The molecule has 1 aliphatic rings. The van der Waals surface area contributed by atoms with Crippen LogP contribution < -0.4 is 4.90 Å². The van der Waals surface area contributed by atoms with Gasteiger partial charge in [-0.05, 0) is 24.5 Å². The Morgan fingerprint density at radius 2 is 2.17 bits per heavy atom. The van der Waals surface area contributed by atoms with Crippen LogP contribution in [0.3, 0.4) is 0 Å². The molecule has 5 nitrogen and oxygen atoms in total. The maximum absolute atomic E-state index is 11.9. The number of carbonyl (C=O) groups excluding carboxylic acids is 1. The highest BCUT2D eigenvalue weighted by Gasteiger charge is 2.23. The number of benzene rings is 1. The Bertz CT molecular complexity index is 490. The first kappa shape index (κ1) is 12.9. The number of non-ortho nitro benzene ring substituents is 1. The molecule has 1 amide bonds. The third kappa shape index (κ3) is 2.48. The van der Waals surface area contributed by atoms with Gasteiger partial charge in [-0.2, -0.15) is 12.6 Å². The number of rotatable bonds is 3. The van der Waals surface area contributed by atoms with Crippen LogP contribution in [-0.4, -0.2) is 23.1 Å². The number of hydrogen-bond acceptors (Lipinski definition) is 4. The van der Waals surface area contributed by atoms with Crippen molar-refractivity contribution in [3.05, 3.63) is 33.9 Å². The molecule has 1 aromatic rings. The minimum absolute atomic E-state index is 0.0663. The lowest BCUT2D eigenvalue weighted by molar-refractivity contribution is -0.384. The Morgan fingerprint density at radius 1 is 1.39 bits per heavy atom. The van der Waals surface area contributed by atoms with Gasteiger partial charge in [-0.15, -0.1) is 0 Å². The SMILES string of the molecule is O=C1CCCc2cc([N+](=O)[O-])ccc2N1CCS. The van der Waals surface area contributed by atoms with Gasteiger partial charge in [0.15, 0.2) is 0 Å². The van der Waals surface area contributed by atoms with Crippen LogP contribution in [0.15, 0.2) is 18.2 Å². The van der Waals surface area contributed by atoms with Gasteiger partial charge < -0.3 is 4.90 Å². The van der Waals surface area contributed by atoms with Crippen molar-refractivity contribution in [3.8, 4) is 0 Å². The zero-order valence-corrected chi connectivity index (χ0v) is 10.7. The summed E-state index contributed by atoms with van der Waals surface area (Å²) in [4.78, 5) is 24.0. The van der Waals surface area contributed by atoms with Crippen molar-refractivity contribution in [2.24, 2.45) is 0 Å². The van der Waals surface area contributed by atoms with Gasteiger partial charge in [0.2, 0.25) is 5.91 Å². The molecule has 0 unspecified atom stereocenters. The minimum atomic E-state index is -0.407. The molecular formula is C12H14N2O3S. The molecule has 0 N–H and O–H groups in total. The van der Waals surface area contributed by atoms with E-state index in [4.69, 9.17) is 0 Å². The molecule has 0 spiro atoms. The number of thiol groups is 1. The van der Waals surface area contributed by atoms with E-state index in [1.165, 1.54) is 6.07 Å². The van der Waals surface area contributed by atoms with Crippen LogP contribution in [0.2, 0.25) is 0 Å². The second-order valence-corrected chi connectivity index (χ2v) is 4.64. The molecule has 1 aliphatic heterocycles. The quantitative estimate of drug-likeness (QED) is 0.518. The van der Waals surface area contributed by atoms with Crippen LogP contribution in [0, 0.1) is 10.1 Å². The zero-order valence-electron chi connectivity index (χ0n) is 9.83. The fourth-order valence-corrected chi connectivity index (χ4v) is 2.39. The van der Waals surface area contributed by atoms with E-state index in [9.17, 15) is 14.9 Å². The lowest BCUT2D eigenvalue weighted by Crippen LogP contribution is -2.32. The van der Waals surface area contributed by atoms with E-state index in [-0.39, 0.29) is 11.6 Å². The number of anilines is 1. The molecule has 0 radical (unpaired) electrons. The second kappa shape index (κ2) is 5.39. The Balaban J connectivity index is 2.43. The fourth-order valence-electron chi connectivity index (χ4n) is 2.19. The molecule has 0 bridgehead atoms. The lowest BCUT2D eigenvalue weighted by atomic mass is 10.1. The molecular weight excluding hydrogens is 252 g/mol. The molecule has 1 aromatic carbocycles. The van der Waals surface area contributed by atoms with Gasteiger partial charge in [0, 0.05) is 36.5 Å². The van der Waals surface area contributed by atoms with Gasteiger partial charge in [0.05, 0.1) is 4.92 Å². The highest BCUT2D eigenvalue weighted by molar-refractivity contribution is 7.80. The number of hydrogen-bond donors (Lipinski definition) is 1. The van der Waals surface area contributed by atoms with Crippen LogP contribution in [0.4, 0.5) is 11.4 Å². The number of nitrogens with zero attached hydrogens (tertiary/aromatic N) is 2. The van der Waals surface area contributed by atoms with Crippen LogP contribution in [0.5, 0.6) is 0 Å². The summed E-state index contributed by atoms with van der Waals surface area (Å²) >= 11 is 4.15. The average Bonchev–Trinajstić information content (AvgIpc) is 2.49. The molecule has 0 saturated carbocycles. The van der Waals surface area contributed by atoms with Crippen molar-refractivity contribution in [2.45, 2.75) is 19.3 Å². The van der Waals surface area contributed by atoms with Crippen molar-refractivity contribution in [3.63, 3.8) is 0 Å². The van der Waals surface area contributed by atoms with Crippen LogP contribution in [-0.2, 0) is 11.2 Å². The van der Waals surface area contributed by atoms with Crippen molar-refractivity contribution in [1.82, 2.24) is 0 Å².